The van der Waals surface area contributed by atoms with E-state index in [0.29, 0.717) is 0 Å². The second-order valence-corrected chi connectivity index (χ2v) is 5.24. The number of rotatable bonds is 5. The lowest BCUT2D eigenvalue weighted by Gasteiger charge is -2.08. The van der Waals surface area contributed by atoms with Crippen LogP contribution in [0, 0.1) is 0 Å². The maximum Gasteiger partial charge on any atom is 0.110 e. The highest BCUT2D eigenvalue weighted by Gasteiger charge is 2.10. The first kappa shape index (κ1) is 13.6. The predicted octanol–water partition coefficient (Wildman–Crippen LogP) is 3.21. The van der Waals surface area contributed by atoms with Crippen LogP contribution in [0.15, 0.2) is 42.7 Å². The van der Waals surface area contributed by atoms with E-state index in [0.717, 1.165) is 48.4 Å². The zero-order valence-electron chi connectivity index (χ0n) is 12.3. The normalized spacial score (nSPS) is 11.1. The first-order valence-corrected chi connectivity index (χ1v) is 7.42. The summed E-state index contributed by atoms with van der Waals surface area (Å²) in [5, 5.41) is 0. The fraction of sp³-hybridized carbons (Fsp3) is 0.294. The van der Waals surface area contributed by atoms with Crippen molar-refractivity contribution >= 4 is 16.7 Å². The molecule has 0 fully saturated rings. The molecule has 0 aliphatic heterocycles. The zero-order valence-corrected chi connectivity index (χ0v) is 12.3. The van der Waals surface area contributed by atoms with Gasteiger partial charge in [0.05, 0.1) is 11.0 Å². The van der Waals surface area contributed by atoms with Gasteiger partial charge in [-0.2, -0.15) is 0 Å². The number of benzene rings is 1. The molecule has 0 aliphatic rings. The summed E-state index contributed by atoms with van der Waals surface area (Å²) in [6.07, 6.45) is 6.42. The summed E-state index contributed by atoms with van der Waals surface area (Å²) in [7, 11) is 0. The van der Waals surface area contributed by atoms with E-state index in [2.05, 4.69) is 34.7 Å². The third-order valence-corrected chi connectivity index (χ3v) is 3.74. The van der Waals surface area contributed by atoms with Crippen LogP contribution in [0.1, 0.15) is 24.7 Å². The molecular weight excluding hydrogens is 260 g/mol. The van der Waals surface area contributed by atoms with E-state index in [-0.39, 0.29) is 0 Å². The van der Waals surface area contributed by atoms with Crippen LogP contribution in [0.2, 0.25) is 0 Å². The van der Waals surface area contributed by atoms with Crippen molar-refractivity contribution in [2.75, 3.05) is 5.73 Å². The first-order chi connectivity index (χ1) is 10.3. The van der Waals surface area contributed by atoms with Crippen molar-refractivity contribution in [1.82, 2.24) is 14.5 Å². The number of nitrogens with zero attached hydrogens (tertiary/aromatic N) is 3. The molecule has 3 aromatic rings. The summed E-state index contributed by atoms with van der Waals surface area (Å²) in [5.74, 6) is 1.13. The Labute approximate surface area is 124 Å². The van der Waals surface area contributed by atoms with E-state index in [9.17, 15) is 0 Å². The van der Waals surface area contributed by atoms with Crippen LogP contribution in [-0.2, 0) is 19.4 Å². The number of pyridine rings is 1. The van der Waals surface area contributed by atoms with Crippen molar-refractivity contribution in [2.45, 2.75) is 32.7 Å². The molecule has 0 saturated carbocycles. The number of nitrogen functional groups attached to an aromatic ring is 1. The summed E-state index contributed by atoms with van der Waals surface area (Å²) in [5.41, 5.74) is 10.2. The van der Waals surface area contributed by atoms with Crippen molar-refractivity contribution in [3.8, 4) is 0 Å². The van der Waals surface area contributed by atoms with Gasteiger partial charge >= 0.3 is 0 Å². The Morgan fingerprint density at radius 2 is 2.00 bits per heavy atom. The molecule has 2 aromatic heterocycles. The fourth-order valence-corrected chi connectivity index (χ4v) is 2.68. The lowest BCUT2D eigenvalue weighted by atomic mass is 10.1. The minimum atomic E-state index is 0.808. The summed E-state index contributed by atoms with van der Waals surface area (Å²) < 4.78 is 2.32. The average molecular weight is 280 g/mol. The van der Waals surface area contributed by atoms with Gasteiger partial charge in [0.15, 0.2) is 0 Å². The molecule has 108 valence electrons. The molecule has 0 amide bonds. The van der Waals surface area contributed by atoms with Gasteiger partial charge in [-0.15, -0.1) is 0 Å². The van der Waals surface area contributed by atoms with E-state index in [1.165, 1.54) is 5.52 Å². The monoisotopic (exact) mass is 280 g/mol. The highest BCUT2D eigenvalue weighted by atomic mass is 15.1. The topological polar surface area (TPSA) is 56.7 Å². The van der Waals surface area contributed by atoms with Gasteiger partial charge in [0.2, 0.25) is 0 Å². The Bertz CT molecular complexity index is 745. The third-order valence-electron chi connectivity index (χ3n) is 3.74. The number of aromatic nitrogens is 3. The van der Waals surface area contributed by atoms with E-state index in [1.54, 1.807) is 6.20 Å². The first-order valence-electron chi connectivity index (χ1n) is 7.42. The number of imidazole rings is 1. The molecule has 0 aliphatic carbocycles. The number of para-hydroxylation sites is 2. The molecule has 0 spiro atoms. The molecule has 3 rings (SSSR count). The van der Waals surface area contributed by atoms with Gasteiger partial charge in [0.25, 0.3) is 0 Å². The minimum Gasteiger partial charge on any atom is -0.398 e. The zero-order chi connectivity index (χ0) is 14.7. The summed E-state index contributed by atoms with van der Waals surface area (Å²) in [4.78, 5) is 8.93. The lowest BCUT2D eigenvalue weighted by molar-refractivity contribution is 0.650. The van der Waals surface area contributed by atoms with E-state index in [4.69, 9.17) is 10.7 Å². The van der Waals surface area contributed by atoms with Crippen LogP contribution in [0.5, 0.6) is 0 Å². The number of hydrogen-bond acceptors (Lipinski definition) is 3. The van der Waals surface area contributed by atoms with Gasteiger partial charge in [0, 0.05) is 31.0 Å². The SMILES string of the molecule is CCCn1c(CCc2cnccc2N)nc2ccccc21. The number of nitrogens with two attached hydrogens (primary N) is 1. The summed E-state index contributed by atoms with van der Waals surface area (Å²) >= 11 is 0. The molecule has 4 heteroatoms. The van der Waals surface area contributed by atoms with Crippen molar-refractivity contribution in [3.05, 3.63) is 54.1 Å². The average Bonchev–Trinajstić information content (AvgIpc) is 2.85. The molecule has 21 heavy (non-hydrogen) atoms. The standard InChI is InChI=1S/C17H20N4/c1-2-11-21-16-6-4-3-5-15(16)20-17(21)8-7-13-12-19-10-9-14(13)18/h3-6,9-10,12H,2,7-8,11H2,1H3,(H2,18,19). The molecule has 2 heterocycles. The Morgan fingerprint density at radius 3 is 2.81 bits per heavy atom. The van der Waals surface area contributed by atoms with Gasteiger partial charge in [-0.05, 0) is 36.6 Å². The lowest BCUT2D eigenvalue weighted by Crippen LogP contribution is -2.06. The Morgan fingerprint density at radius 1 is 1.14 bits per heavy atom. The maximum atomic E-state index is 5.99. The number of anilines is 1. The van der Waals surface area contributed by atoms with Crippen LogP contribution in [0.4, 0.5) is 5.69 Å². The van der Waals surface area contributed by atoms with Crippen LogP contribution in [-0.4, -0.2) is 14.5 Å². The van der Waals surface area contributed by atoms with Crippen LogP contribution in [0.25, 0.3) is 11.0 Å². The van der Waals surface area contributed by atoms with Crippen molar-refractivity contribution in [1.29, 1.82) is 0 Å². The van der Waals surface area contributed by atoms with Crippen LogP contribution in [0.3, 0.4) is 0 Å². The molecule has 0 saturated heterocycles. The van der Waals surface area contributed by atoms with Crippen LogP contribution < -0.4 is 5.73 Å². The predicted molar refractivity (Wildman–Crippen MR) is 86.1 cm³/mol. The molecular formula is C17H20N4. The van der Waals surface area contributed by atoms with E-state index >= 15 is 0 Å². The van der Waals surface area contributed by atoms with E-state index < -0.39 is 0 Å². The van der Waals surface area contributed by atoms with Crippen LogP contribution >= 0.6 is 0 Å². The molecule has 0 atom stereocenters. The maximum absolute atomic E-state index is 5.99. The van der Waals surface area contributed by atoms with Crippen molar-refractivity contribution < 1.29 is 0 Å². The number of aryl methyl sites for hydroxylation is 3. The largest absolute Gasteiger partial charge is 0.398 e. The second-order valence-electron chi connectivity index (χ2n) is 5.24. The van der Waals surface area contributed by atoms with Gasteiger partial charge in [0.1, 0.15) is 5.82 Å². The van der Waals surface area contributed by atoms with E-state index in [1.807, 2.05) is 18.3 Å². The van der Waals surface area contributed by atoms with Crippen molar-refractivity contribution in [3.63, 3.8) is 0 Å². The molecule has 4 nitrogen and oxygen atoms in total. The Kier molecular flexibility index (Phi) is 3.86. The third kappa shape index (κ3) is 2.75. The molecule has 0 bridgehead atoms. The molecule has 2 N–H and O–H groups in total. The molecule has 1 aromatic carbocycles. The minimum absolute atomic E-state index is 0.808. The fourth-order valence-electron chi connectivity index (χ4n) is 2.68. The molecule has 0 radical (unpaired) electrons. The summed E-state index contributed by atoms with van der Waals surface area (Å²) in [6.45, 7) is 3.19. The number of hydrogen-bond donors (Lipinski definition) is 1. The van der Waals surface area contributed by atoms with Gasteiger partial charge in [-0.1, -0.05) is 19.1 Å². The Balaban J connectivity index is 1.89. The second kappa shape index (κ2) is 5.95. The highest BCUT2D eigenvalue weighted by molar-refractivity contribution is 5.75. The van der Waals surface area contributed by atoms with Gasteiger partial charge in [-0.3, -0.25) is 4.98 Å². The van der Waals surface area contributed by atoms with Gasteiger partial charge < -0.3 is 10.3 Å². The summed E-state index contributed by atoms with van der Waals surface area (Å²) in [6, 6.07) is 10.2. The highest BCUT2D eigenvalue weighted by Crippen LogP contribution is 2.19. The quantitative estimate of drug-likeness (QED) is 0.780. The number of fused-ring (bicyclic) bond motifs is 1. The van der Waals surface area contributed by atoms with Gasteiger partial charge in [-0.25, -0.2) is 4.98 Å². The smallest absolute Gasteiger partial charge is 0.110 e. The van der Waals surface area contributed by atoms with Crippen molar-refractivity contribution in [2.24, 2.45) is 0 Å². The Hall–Kier alpha value is -2.36. The molecule has 0 unspecified atom stereocenters.